The molecule has 0 aliphatic carbocycles. The van der Waals surface area contributed by atoms with Crippen LogP contribution in [-0.2, 0) is 24.4 Å². The van der Waals surface area contributed by atoms with Crippen molar-refractivity contribution in [2.75, 3.05) is 0 Å². The fourth-order valence-electron chi connectivity index (χ4n) is 0.603. The Morgan fingerprint density at radius 3 is 2.12 bits per heavy atom. The van der Waals surface area contributed by atoms with Crippen LogP contribution in [0.4, 0.5) is 0 Å². The molecule has 0 saturated heterocycles. The quantitative estimate of drug-likeness (QED) is 0.407. The van der Waals surface area contributed by atoms with Crippen molar-refractivity contribution >= 4 is 22.1 Å². The summed E-state index contributed by atoms with van der Waals surface area (Å²) in [5.74, 6) is -2.49. The van der Waals surface area contributed by atoms with Crippen LogP contribution in [-0.4, -0.2) is 34.9 Å². The van der Waals surface area contributed by atoms with Gasteiger partial charge in [0.25, 0.3) is 0 Å². The van der Waals surface area contributed by atoms with Crippen molar-refractivity contribution in [3.63, 3.8) is 0 Å². The molecule has 0 amide bonds. The largest absolute Gasteiger partial charge is 0.481 e. The number of carbonyl (C=O) groups excluding carboxylic acids is 1. The lowest BCUT2D eigenvalue weighted by molar-refractivity contribution is -0.147. The Balaban J connectivity index is 4.71. The molecule has 0 aromatic heterocycles. The lowest BCUT2D eigenvalue weighted by Crippen LogP contribution is -2.37. The molecule has 0 unspecified atom stereocenters. The summed E-state index contributed by atoms with van der Waals surface area (Å²) in [4.78, 5) is 19.3. The average molecular weight is 252 g/mol. The number of hydrogen-bond acceptors (Lipinski definition) is 5. The third-order valence-corrected chi connectivity index (χ3v) is 2.94. The Hall–Kier alpha value is -1.41. The minimum absolute atomic E-state index is 0.413. The van der Waals surface area contributed by atoms with Gasteiger partial charge in [-0.3, -0.25) is 9.35 Å². The van der Waals surface area contributed by atoms with Gasteiger partial charge >= 0.3 is 22.1 Å². The van der Waals surface area contributed by atoms with E-state index < -0.39 is 39.0 Å². The number of carboxylic acid groups (broad SMARTS) is 1. The van der Waals surface area contributed by atoms with Crippen molar-refractivity contribution in [1.29, 1.82) is 0 Å². The molecule has 0 rings (SSSR count). The van der Waals surface area contributed by atoms with E-state index in [1.807, 2.05) is 0 Å². The third-order valence-electron chi connectivity index (χ3n) is 1.61. The lowest BCUT2D eigenvalue weighted by atomic mass is 10.2. The van der Waals surface area contributed by atoms with Gasteiger partial charge in [-0.25, -0.2) is 4.79 Å². The van der Waals surface area contributed by atoms with E-state index in [1.165, 1.54) is 0 Å². The Morgan fingerprint density at radius 2 is 1.81 bits per heavy atom. The van der Waals surface area contributed by atoms with E-state index in [1.54, 1.807) is 0 Å². The fourth-order valence-corrected chi connectivity index (χ4v) is 0.784. The highest BCUT2D eigenvalue weighted by Gasteiger charge is 2.37. The molecule has 0 aromatic rings. The summed E-state index contributed by atoms with van der Waals surface area (Å²) >= 11 is 0. The molecule has 0 atom stereocenters. The first kappa shape index (κ1) is 14.6. The maximum absolute atomic E-state index is 11.2. The number of hydrogen-bond donors (Lipinski definition) is 2. The first-order valence-corrected chi connectivity index (χ1v) is 5.51. The van der Waals surface area contributed by atoms with E-state index >= 15 is 0 Å². The summed E-state index contributed by atoms with van der Waals surface area (Å²) in [6, 6.07) is 0. The summed E-state index contributed by atoms with van der Waals surface area (Å²) in [6.45, 7) is 5.03. The minimum atomic E-state index is -4.59. The van der Waals surface area contributed by atoms with Gasteiger partial charge in [-0.05, 0) is 13.8 Å². The topological polar surface area (TPSA) is 118 Å². The molecule has 0 bridgehead atoms. The highest BCUT2D eigenvalue weighted by atomic mass is 32.2. The smallest absolute Gasteiger partial charge is 0.335 e. The van der Waals surface area contributed by atoms with Gasteiger partial charge < -0.3 is 9.84 Å². The van der Waals surface area contributed by atoms with Crippen LogP contribution < -0.4 is 0 Å². The Labute approximate surface area is 92.5 Å². The number of carbonyl (C=O) groups is 2. The van der Waals surface area contributed by atoms with Gasteiger partial charge in [0.15, 0.2) is 0 Å². The maximum atomic E-state index is 11.2. The van der Waals surface area contributed by atoms with E-state index in [0.717, 1.165) is 13.8 Å². The third kappa shape index (κ3) is 3.99. The van der Waals surface area contributed by atoms with Crippen molar-refractivity contribution in [1.82, 2.24) is 0 Å². The zero-order valence-corrected chi connectivity index (χ0v) is 9.57. The van der Waals surface area contributed by atoms with Gasteiger partial charge in [-0.15, -0.1) is 0 Å². The van der Waals surface area contributed by atoms with E-state index in [4.69, 9.17) is 9.66 Å². The molecule has 0 fully saturated rings. The summed E-state index contributed by atoms with van der Waals surface area (Å²) < 4.78 is 34.7. The monoisotopic (exact) mass is 252 g/mol. The number of rotatable bonds is 5. The fraction of sp³-hybridized carbons (Fsp3) is 0.500. The molecule has 0 aliphatic rings. The average Bonchev–Trinajstić information content (AvgIpc) is 1.99. The van der Waals surface area contributed by atoms with Gasteiger partial charge in [-0.2, -0.15) is 8.42 Å². The molecule has 0 saturated carbocycles. The van der Waals surface area contributed by atoms with Crippen molar-refractivity contribution in [2.24, 2.45) is 0 Å². The predicted molar refractivity (Wildman–Crippen MR) is 53.1 cm³/mol. The Bertz CT molecular complexity index is 418. The van der Waals surface area contributed by atoms with E-state index in [-0.39, 0.29) is 0 Å². The molecular formula is C8H12O7S. The molecule has 0 heterocycles. The second-order valence-electron chi connectivity index (χ2n) is 3.44. The molecule has 8 heteroatoms. The van der Waals surface area contributed by atoms with Gasteiger partial charge in [0.2, 0.25) is 4.93 Å². The molecule has 0 radical (unpaired) electrons. The highest BCUT2D eigenvalue weighted by molar-refractivity contribution is 7.87. The van der Waals surface area contributed by atoms with Crippen LogP contribution in [0.3, 0.4) is 0 Å². The number of esters is 1. The van der Waals surface area contributed by atoms with Gasteiger partial charge in [0, 0.05) is 5.57 Å². The van der Waals surface area contributed by atoms with Crippen molar-refractivity contribution in [2.45, 2.75) is 25.2 Å². The number of ether oxygens (including phenoxy) is 1. The second-order valence-corrected chi connectivity index (χ2v) is 5.37. The van der Waals surface area contributed by atoms with Gasteiger partial charge in [0.05, 0.1) is 6.42 Å². The van der Waals surface area contributed by atoms with Crippen LogP contribution in [0.15, 0.2) is 12.2 Å². The van der Waals surface area contributed by atoms with Crippen LogP contribution in [0, 0.1) is 0 Å². The zero-order chi connectivity index (χ0) is 13.1. The van der Waals surface area contributed by atoms with Gasteiger partial charge in [-0.1, -0.05) is 6.58 Å². The van der Waals surface area contributed by atoms with Crippen LogP contribution in [0.25, 0.3) is 0 Å². The molecule has 2 N–H and O–H groups in total. The molecule has 0 aliphatic heterocycles. The summed E-state index contributed by atoms with van der Waals surface area (Å²) in [7, 11) is -4.59. The van der Waals surface area contributed by atoms with Crippen molar-refractivity contribution in [3.05, 3.63) is 12.2 Å². The molecule has 92 valence electrons. The zero-order valence-electron chi connectivity index (χ0n) is 8.76. The summed E-state index contributed by atoms with van der Waals surface area (Å²) in [6.07, 6.45) is -0.666. The van der Waals surface area contributed by atoms with Gasteiger partial charge in [0.1, 0.15) is 0 Å². The first-order valence-electron chi connectivity index (χ1n) is 4.07. The number of aliphatic carboxylic acids is 1. The molecule has 16 heavy (non-hydrogen) atoms. The lowest BCUT2D eigenvalue weighted by Gasteiger charge is -2.21. The van der Waals surface area contributed by atoms with Crippen LogP contribution >= 0.6 is 0 Å². The summed E-state index contributed by atoms with van der Waals surface area (Å²) in [5, 5.41) is 8.35. The van der Waals surface area contributed by atoms with Crippen LogP contribution in [0.1, 0.15) is 20.3 Å². The SMILES string of the molecule is C=C(CC(=O)O)C(=O)OC(C)(C)S(=O)(=O)O. The van der Waals surface area contributed by atoms with Crippen LogP contribution in [0.5, 0.6) is 0 Å². The number of carboxylic acids is 1. The molecule has 0 spiro atoms. The Morgan fingerprint density at radius 1 is 1.38 bits per heavy atom. The summed E-state index contributed by atoms with van der Waals surface area (Å²) in [5.41, 5.74) is -0.413. The normalized spacial score (nSPS) is 11.9. The maximum Gasteiger partial charge on any atom is 0.335 e. The van der Waals surface area contributed by atoms with E-state index in [2.05, 4.69) is 11.3 Å². The molecule has 0 aromatic carbocycles. The highest BCUT2D eigenvalue weighted by Crippen LogP contribution is 2.18. The van der Waals surface area contributed by atoms with Crippen LogP contribution in [0.2, 0.25) is 0 Å². The van der Waals surface area contributed by atoms with E-state index in [0.29, 0.717) is 0 Å². The Kier molecular flexibility index (Phi) is 4.21. The first-order chi connectivity index (χ1) is 6.97. The molecule has 7 nitrogen and oxygen atoms in total. The standard InChI is InChI=1S/C8H12O7S/c1-5(4-6(9)10)7(11)15-8(2,3)16(12,13)14/h1,4H2,2-3H3,(H,9,10)(H,12,13,14). The van der Waals surface area contributed by atoms with Crippen molar-refractivity contribution < 1.29 is 32.4 Å². The van der Waals surface area contributed by atoms with E-state index in [9.17, 15) is 18.0 Å². The molecular weight excluding hydrogens is 240 g/mol. The van der Waals surface area contributed by atoms with Crippen molar-refractivity contribution in [3.8, 4) is 0 Å². The minimum Gasteiger partial charge on any atom is -0.481 e. The predicted octanol–water partition coefficient (Wildman–Crippen LogP) is 0.184. The second kappa shape index (κ2) is 4.62.